The van der Waals surface area contributed by atoms with Crippen molar-refractivity contribution in [3.63, 3.8) is 0 Å². The normalized spacial score (nSPS) is 14.5. The van der Waals surface area contributed by atoms with Crippen molar-refractivity contribution in [3.8, 4) is 0 Å². The molecule has 2 aromatic heterocycles. The molecular weight excluding hydrogens is 424 g/mol. The molecule has 174 valence electrons. The summed E-state index contributed by atoms with van der Waals surface area (Å²) in [4.78, 5) is 31.6. The molecule has 2 N–H and O–H groups in total. The third-order valence-electron chi connectivity index (χ3n) is 5.19. The highest BCUT2D eigenvalue weighted by atomic mass is 32.1. The average molecular weight is 459 g/mol. The van der Waals surface area contributed by atoms with Crippen molar-refractivity contribution in [1.82, 2.24) is 15.2 Å². The number of pyridine rings is 1. The van der Waals surface area contributed by atoms with Gasteiger partial charge in [-0.1, -0.05) is 6.07 Å². The number of carbonyl (C=O) groups is 2. The lowest BCUT2D eigenvalue weighted by molar-refractivity contribution is 0.0635. The third kappa shape index (κ3) is 8.00. The Kier molecular flexibility index (Phi) is 8.78. The number of nitrogens with zero attached hydrogens (tertiary/aromatic N) is 2. The van der Waals surface area contributed by atoms with Gasteiger partial charge in [-0.25, -0.2) is 4.79 Å². The van der Waals surface area contributed by atoms with Crippen LogP contribution in [0.3, 0.4) is 0 Å². The fourth-order valence-corrected chi connectivity index (χ4v) is 4.40. The lowest BCUT2D eigenvalue weighted by Crippen LogP contribution is -2.27. The number of aromatic nitrogens is 1. The Morgan fingerprint density at radius 2 is 1.97 bits per heavy atom. The molecule has 0 unspecified atom stereocenters. The molecule has 8 heteroatoms. The highest BCUT2D eigenvalue weighted by Crippen LogP contribution is 2.23. The molecule has 1 fully saturated rings. The smallest absolute Gasteiger partial charge is 0.412 e. The van der Waals surface area contributed by atoms with Gasteiger partial charge in [0.1, 0.15) is 11.3 Å². The first kappa shape index (κ1) is 24.4. The van der Waals surface area contributed by atoms with E-state index in [1.807, 2.05) is 32.2 Å². The van der Waals surface area contributed by atoms with Crippen LogP contribution in [0.5, 0.6) is 0 Å². The maximum Gasteiger partial charge on any atom is 0.412 e. The van der Waals surface area contributed by atoms with Crippen LogP contribution in [0.1, 0.15) is 61.6 Å². The van der Waals surface area contributed by atoms with E-state index in [4.69, 9.17) is 4.74 Å². The van der Waals surface area contributed by atoms with Gasteiger partial charge in [0.2, 0.25) is 0 Å². The molecule has 3 heterocycles. The Morgan fingerprint density at radius 3 is 2.66 bits per heavy atom. The van der Waals surface area contributed by atoms with Crippen LogP contribution in [-0.2, 0) is 17.7 Å². The van der Waals surface area contributed by atoms with Crippen molar-refractivity contribution < 1.29 is 14.3 Å². The summed E-state index contributed by atoms with van der Waals surface area (Å²) < 4.78 is 5.29. The van der Waals surface area contributed by atoms with Crippen molar-refractivity contribution in [2.45, 2.75) is 58.6 Å². The average Bonchev–Trinajstić information content (AvgIpc) is 3.39. The molecule has 32 heavy (non-hydrogen) atoms. The number of ketones is 1. The number of carbonyl (C=O) groups excluding carboxylic acids is 2. The van der Waals surface area contributed by atoms with Crippen LogP contribution in [0.25, 0.3) is 0 Å². The number of nitrogens with one attached hydrogen (secondary N) is 2. The summed E-state index contributed by atoms with van der Waals surface area (Å²) in [6.45, 7) is 10.8. The molecule has 0 spiro atoms. The van der Waals surface area contributed by atoms with Gasteiger partial charge in [-0.2, -0.15) is 0 Å². The van der Waals surface area contributed by atoms with Gasteiger partial charge in [-0.05, 0) is 88.8 Å². The van der Waals surface area contributed by atoms with E-state index in [0.717, 1.165) is 37.2 Å². The van der Waals surface area contributed by atoms with Crippen molar-refractivity contribution in [3.05, 3.63) is 45.9 Å². The molecule has 0 bridgehead atoms. The van der Waals surface area contributed by atoms with Gasteiger partial charge in [-0.3, -0.25) is 15.1 Å². The summed E-state index contributed by atoms with van der Waals surface area (Å²) in [7, 11) is 0. The summed E-state index contributed by atoms with van der Waals surface area (Å²) in [5.74, 6) is -0.0826. The van der Waals surface area contributed by atoms with E-state index in [2.05, 4.69) is 20.5 Å². The molecule has 3 rings (SSSR count). The van der Waals surface area contributed by atoms with Gasteiger partial charge in [0, 0.05) is 24.5 Å². The Balaban J connectivity index is 1.44. The molecule has 1 aliphatic rings. The monoisotopic (exact) mass is 458 g/mol. The van der Waals surface area contributed by atoms with Crippen molar-refractivity contribution >= 4 is 28.9 Å². The van der Waals surface area contributed by atoms with Gasteiger partial charge >= 0.3 is 6.09 Å². The lowest BCUT2D eigenvalue weighted by atomic mass is 10.1. The van der Waals surface area contributed by atoms with E-state index in [0.29, 0.717) is 11.4 Å². The molecule has 0 aromatic carbocycles. The quantitative estimate of drug-likeness (QED) is 0.403. The van der Waals surface area contributed by atoms with Crippen molar-refractivity contribution in [1.29, 1.82) is 0 Å². The molecular formula is C24H34N4O3S. The number of Topliss-reactive ketones (excluding diaryl/α,β-unsaturated/α-hetero) is 1. The number of thiophene rings is 1. The largest absolute Gasteiger partial charge is 0.444 e. The molecule has 1 aliphatic heterocycles. The molecule has 1 saturated heterocycles. The second kappa shape index (κ2) is 11.5. The predicted molar refractivity (Wildman–Crippen MR) is 128 cm³/mol. The van der Waals surface area contributed by atoms with E-state index >= 15 is 0 Å². The number of amides is 1. The first-order valence-electron chi connectivity index (χ1n) is 11.3. The molecule has 0 saturated carbocycles. The lowest BCUT2D eigenvalue weighted by Gasteiger charge is -2.19. The fraction of sp³-hybridized carbons (Fsp3) is 0.542. The predicted octanol–water partition coefficient (Wildman–Crippen LogP) is 4.49. The summed E-state index contributed by atoms with van der Waals surface area (Å²) in [6, 6.07) is 3.72. The van der Waals surface area contributed by atoms with Crippen LogP contribution in [0.4, 0.5) is 10.5 Å². The molecule has 0 atom stereocenters. The zero-order valence-corrected chi connectivity index (χ0v) is 20.1. The van der Waals surface area contributed by atoms with Gasteiger partial charge < -0.3 is 15.0 Å². The Morgan fingerprint density at radius 1 is 1.19 bits per heavy atom. The third-order valence-corrected chi connectivity index (χ3v) is 5.99. The highest BCUT2D eigenvalue weighted by molar-refractivity contribution is 7.08. The van der Waals surface area contributed by atoms with Crippen LogP contribution in [0, 0.1) is 0 Å². The zero-order chi connectivity index (χ0) is 23.0. The van der Waals surface area contributed by atoms with E-state index < -0.39 is 11.7 Å². The number of hydrogen-bond acceptors (Lipinski definition) is 7. The van der Waals surface area contributed by atoms with Crippen molar-refractivity contribution in [2.75, 3.05) is 31.5 Å². The maximum atomic E-state index is 12.7. The number of hydrogen-bond donors (Lipinski definition) is 2. The minimum absolute atomic E-state index is 0.0826. The van der Waals surface area contributed by atoms with E-state index in [9.17, 15) is 9.59 Å². The molecule has 0 aliphatic carbocycles. The van der Waals surface area contributed by atoms with Gasteiger partial charge in [0.05, 0.1) is 5.69 Å². The second-order valence-corrected chi connectivity index (χ2v) is 9.91. The Bertz CT molecular complexity index is 883. The van der Waals surface area contributed by atoms with Crippen LogP contribution in [0.2, 0.25) is 0 Å². The maximum absolute atomic E-state index is 12.7. The summed E-state index contributed by atoms with van der Waals surface area (Å²) >= 11 is 1.43. The standard InChI is InChI=1S/C24H34N4O3S/c1-24(2,3)31-23(30)27-21-17-32-16-19(21)13-22(29)20-8-7-18(15-26-20)14-25-9-6-12-28-10-4-5-11-28/h7-8,15-17,25H,4-6,9-14H2,1-3H3,(H,27,30). The summed E-state index contributed by atoms with van der Waals surface area (Å²) in [6.07, 6.45) is 5.21. The Hall–Kier alpha value is -2.29. The van der Waals surface area contributed by atoms with Crippen molar-refractivity contribution in [2.24, 2.45) is 0 Å². The zero-order valence-electron chi connectivity index (χ0n) is 19.3. The Labute approximate surface area is 194 Å². The molecule has 2 aromatic rings. The number of likely N-dealkylation sites (tertiary alicyclic amines) is 1. The van der Waals surface area contributed by atoms with Crippen LogP contribution >= 0.6 is 11.3 Å². The van der Waals surface area contributed by atoms with E-state index in [1.165, 1.54) is 37.3 Å². The molecule has 1 amide bonds. The molecule has 7 nitrogen and oxygen atoms in total. The number of anilines is 1. The first-order valence-corrected chi connectivity index (χ1v) is 12.2. The number of ether oxygens (including phenoxy) is 1. The van der Waals surface area contributed by atoms with Gasteiger partial charge in [-0.15, -0.1) is 11.3 Å². The van der Waals surface area contributed by atoms with Crippen LogP contribution < -0.4 is 10.6 Å². The van der Waals surface area contributed by atoms with Crippen LogP contribution in [0.15, 0.2) is 29.1 Å². The second-order valence-electron chi connectivity index (χ2n) is 9.17. The van der Waals surface area contributed by atoms with E-state index in [-0.39, 0.29) is 12.2 Å². The summed E-state index contributed by atoms with van der Waals surface area (Å²) in [5.41, 5.74) is 2.27. The SMILES string of the molecule is CC(C)(C)OC(=O)Nc1cscc1CC(=O)c1ccc(CNCCCN2CCCC2)cn1. The minimum Gasteiger partial charge on any atom is -0.444 e. The molecule has 0 radical (unpaired) electrons. The minimum atomic E-state index is -0.579. The topological polar surface area (TPSA) is 83.6 Å². The summed E-state index contributed by atoms with van der Waals surface area (Å²) in [5, 5.41) is 9.85. The highest BCUT2D eigenvalue weighted by Gasteiger charge is 2.19. The van der Waals surface area contributed by atoms with Gasteiger partial charge in [0.25, 0.3) is 0 Å². The van der Waals surface area contributed by atoms with E-state index in [1.54, 1.807) is 17.6 Å². The fourth-order valence-electron chi connectivity index (χ4n) is 3.61. The number of rotatable bonds is 10. The van der Waals surface area contributed by atoms with Gasteiger partial charge in [0.15, 0.2) is 5.78 Å². The van der Waals surface area contributed by atoms with Crippen LogP contribution in [-0.4, -0.2) is 53.5 Å². The first-order chi connectivity index (χ1) is 15.3.